The molecular weight excluding hydrogens is 383 g/mol. The van der Waals surface area contributed by atoms with Gasteiger partial charge in [-0.05, 0) is 43.0 Å². The lowest BCUT2D eigenvalue weighted by molar-refractivity contribution is -0.124. The fourth-order valence-electron chi connectivity index (χ4n) is 2.07. The van der Waals surface area contributed by atoms with E-state index in [1.807, 2.05) is 6.26 Å². The molecule has 132 valence electrons. The third-order valence-electron chi connectivity index (χ3n) is 3.34. The number of benzene rings is 1. The van der Waals surface area contributed by atoms with Gasteiger partial charge in [0.15, 0.2) is 6.61 Å². The molecule has 25 heavy (non-hydrogen) atoms. The van der Waals surface area contributed by atoms with E-state index in [9.17, 15) is 9.59 Å². The number of hydrogen-bond donors (Lipinski definition) is 1. The summed E-state index contributed by atoms with van der Waals surface area (Å²) in [7, 11) is 0. The highest BCUT2D eigenvalue weighted by Crippen LogP contribution is 2.25. The van der Waals surface area contributed by atoms with Gasteiger partial charge in [-0.3, -0.25) is 4.79 Å². The maximum Gasteiger partial charge on any atom is 0.341 e. The lowest BCUT2D eigenvalue weighted by Crippen LogP contribution is -2.31. The van der Waals surface area contributed by atoms with Crippen molar-refractivity contribution in [3.05, 3.63) is 57.7 Å². The molecule has 2 aromatic rings. The minimum absolute atomic E-state index is 0.305. The molecule has 1 heterocycles. The van der Waals surface area contributed by atoms with Gasteiger partial charge in [0.25, 0.3) is 5.91 Å². The van der Waals surface area contributed by atoms with Crippen molar-refractivity contribution in [3.63, 3.8) is 0 Å². The summed E-state index contributed by atoms with van der Waals surface area (Å²) in [5.41, 5.74) is 1.13. The molecule has 0 aliphatic carbocycles. The Hall–Kier alpha value is -1.76. The van der Waals surface area contributed by atoms with Crippen LogP contribution in [0.3, 0.4) is 0 Å². The first-order chi connectivity index (χ1) is 11.9. The summed E-state index contributed by atoms with van der Waals surface area (Å²) in [5.74, 6) is -1.00. The number of esters is 1. The zero-order chi connectivity index (χ0) is 18.4. The van der Waals surface area contributed by atoms with E-state index in [1.54, 1.807) is 43.5 Å². The van der Waals surface area contributed by atoms with Crippen molar-refractivity contribution < 1.29 is 14.3 Å². The summed E-state index contributed by atoms with van der Waals surface area (Å²) in [6, 6.07) is 8.06. The highest BCUT2D eigenvalue weighted by atomic mass is 35.5. The fourth-order valence-corrected chi connectivity index (χ4v) is 2.91. The summed E-state index contributed by atoms with van der Waals surface area (Å²) < 4.78 is 5.06. The zero-order valence-electron chi connectivity index (χ0n) is 13.6. The number of carbonyl (C=O) groups is 2. The van der Waals surface area contributed by atoms with E-state index in [2.05, 4.69) is 10.3 Å². The van der Waals surface area contributed by atoms with Gasteiger partial charge in [0, 0.05) is 6.20 Å². The van der Waals surface area contributed by atoms with Crippen LogP contribution in [0.1, 0.15) is 28.9 Å². The van der Waals surface area contributed by atoms with Crippen molar-refractivity contribution in [2.75, 3.05) is 12.9 Å². The second-order valence-electron chi connectivity index (χ2n) is 5.10. The molecule has 0 spiro atoms. The number of nitrogens with zero attached hydrogens (tertiary/aromatic N) is 1. The van der Waals surface area contributed by atoms with E-state index in [1.165, 1.54) is 11.8 Å². The number of aromatic nitrogens is 1. The standard InChI is InChI=1S/C17H16Cl2N2O3S/c1-10(11-5-6-13(18)14(19)8-11)21-15(22)9-24-17(23)12-4-3-7-20-16(12)25-2/h3-8,10H,9H2,1-2H3,(H,21,22)/t10-/m1/s1. The molecule has 1 N–H and O–H groups in total. The second kappa shape index (κ2) is 9.08. The maximum absolute atomic E-state index is 12.1. The first kappa shape index (κ1) is 19.6. The molecule has 0 aliphatic rings. The number of amides is 1. The van der Waals surface area contributed by atoms with Crippen molar-refractivity contribution in [2.45, 2.75) is 18.0 Å². The van der Waals surface area contributed by atoms with Crippen molar-refractivity contribution in [2.24, 2.45) is 0 Å². The Morgan fingerprint density at radius 3 is 2.72 bits per heavy atom. The summed E-state index contributed by atoms with van der Waals surface area (Å²) in [5, 5.41) is 4.15. The molecule has 2 rings (SSSR count). The van der Waals surface area contributed by atoms with Crippen LogP contribution < -0.4 is 5.32 Å². The molecule has 1 atom stereocenters. The molecular formula is C17H16Cl2N2O3S. The van der Waals surface area contributed by atoms with E-state index >= 15 is 0 Å². The number of halogens is 2. The van der Waals surface area contributed by atoms with Crippen molar-refractivity contribution in [1.82, 2.24) is 10.3 Å². The number of thioether (sulfide) groups is 1. The topological polar surface area (TPSA) is 68.3 Å². The highest BCUT2D eigenvalue weighted by molar-refractivity contribution is 7.98. The Kier molecular flexibility index (Phi) is 7.11. The smallest absolute Gasteiger partial charge is 0.341 e. The third kappa shape index (κ3) is 5.36. The van der Waals surface area contributed by atoms with E-state index in [-0.39, 0.29) is 12.6 Å². The monoisotopic (exact) mass is 398 g/mol. The van der Waals surface area contributed by atoms with Crippen LogP contribution in [0.25, 0.3) is 0 Å². The molecule has 0 radical (unpaired) electrons. The van der Waals surface area contributed by atoms with Gasteiger partial charge in [0.05, 0.1) is 21.7 Å². The second-order valence-corrected chi connectivity index (χ2v) is 6.71. The third-order valence-corrected chi connectivity index (χ3v) is 4.79. The van der Waals surface area contributed by atoms with Gasteiger partial charge in [0.2, 0.25) is 0 Å². The van der Waals surface area contributed by atoms with Crippen molar-refractivity contribution in [3.8, 4) is 0 Å². The Bertz CT molecular complexity index is 786. The number of nitrogens with one attached hydrogen (secondary N) is 1. The zero-order valence-corrected chi connectivity index (χ0v) is 15.9. The van der Waals surface area contributed by atoms with Gasteiger partial charge in [0.1, 0.15) is 5.03 Å². The Balaban J connectivity index is 1.91. The molecule has 0 saturated carbocycles. The van der Waals surface area contributed by atoms with Crippen LogP contribution in [0, 0.1) is 0 Å². The average molecular weight is 399 g/mol. The maximum atomic E-state index is 12.1. The minimum atomic E-state index is -0.588. The number of rotatable bonds is 6. The molecule has 0 fully saturated rings. The molecule has 1 aromatic carbocycles. The van der Waals surface area contributed by atoms with Gasteiger partial charge in [-0.25, -0.2) is 9.78 Å². The minimum Gasteiger partial charge on any atom is -0.452 e. The first-order valence-electron chi connectivity index (χ1n) is 7.32. The molecule has 5 nitrogen and oxygen atoms in total. The predicted octanol–water partition coefficient (Wildman–Crippen LogP) is 4.14. The van der Waals surface area contributed by atoms with E-state index in [0.29, 0.717) is 20.6 Å². The Labute approximate surface area is 160 Å². The number of hydrogen-bond acceptors (Lipinski definition) is 5. The first-order valence-corrected chi connectivity index (χ1v) is 9.31. The number of carbonyl (C=O) groups excluding carboxylic acids is 2. The molecule has 1 amide bonds. The average Bonchev–Trinajstić information content (AvgIpc) is 2.61. The molecule has 1 aromatic heterocycles. The van der Waals surface area contributed by atoms with Gasteiger partial charge < -0.3 is 10.1 Å². The van der Waals surface area contributed by atoms with Crippen LogP contribution in [0.5, 0.6) is 0 Å². The van der Waals surface area contributed by atoms with Gasteiger partial charge in [-0.2, -0.15) is 0 Å². The highest BCUT2D eigenvalue weighted by Gasteiger charge is 2.16. The Morgan fingerprint density at radius 2 is 2.04 bits per heavy atom. The van der Waals surface area contributed by atoms with E-state index in [4.69, 9.17) is 27.9 Å². The van der Waals surface area contributed by atoms with Crippen LogP contribution in [0.2, 0.25) is 10.0 Å². The van der Waals surface area contributed by atoms with Crippen LogP contribution in [-0.2, 0) is 9.53 Å². The summed E-state index contributed by atoms with van der Waals surface area (Å²) in [6.07, 6.45) is 3.40. The predicted molar refractivity (Wildman–Crippen MR) is 99.3 cm³/mol. The van der Waals surface area contributed by atoms with Crippen LogP contribution in [0.4, 0.5) is 0 Å². The molecule has 0 unspecified atom stereocenters. The summed E-state index contributed by atoms with van der Waals surface area (Å²) in [6.45, 7) is 1.42. The van der Waals surface area contributed by atoms with Crippen LogP contribution >= 0.6 is 35.0 Å². The van der Waals surface area contributed by atoms with Crippen molar-refractivity contribution in [1.29, 1.82) is 0 Å². The SMILES string of the molecule is CSc1ncccc1C(=O)OCC(=O)N[C@H](C)c1ccc(Cl)c(Cl)c1. The summed E-state index contributed by atoms with van der Waals surface area (Å²) >= 11 is 13.2. The summed E-state index contributed by atoms with van der Waals surface area (Å²) in [4.78, 5) is 28.2. The fraction of sp³-hybridized carbons (Fsp3) is 0.235. The van der Waals surface area contributed by atoms with Gasteiger partial charge >= 0.3 is 5.97 Å². The Morgan fingerprint density at radius 1 is 1.28 bits per heavy atom. The van der Waals surface area contributed by atoms with E-state index in [0.717, 1.165) is 5.56 Å². The van der Waals surface area contributed by atoms with E-state index < -0.39 is 11.9 Å². The number of pyridine rings is 1. The van der Waals surface area contributed by atoms with Gasteiger partial charge in [-0.1, -0.05) is 29.3 Å². The normalized spacial score (nSPS) is 11.7. The largest absolute Gasteiger partial charge is 0.452 e. The van der Waals surface area contributed by atoms with Crippen LogP contribution in [0.15, 0.2) is 41.6 Å². The molecule has 0 saturated heterocycles. The lowest BCUT2D eigenvalue weighted by atomic mass is 10.1. The van der Waals surface area contributed by atoms with Crippen LogP contribution in [-0.4, -0.2) is 29.7 Å². The molecule has 8 heteroatoms. The molecule has 0 aliphatic heterocycles. The quantitative estimate of drug-likeness (QED) is 0.584. The van der Waals surface area contributed by atoms with Crippen molar-refractivity contribution >= 4 is 46.8 Å². The molecule has 0 bridgehead atoms. The number of ether oxygens (including phenoxy) is 1. The lowest BCUT2D eigenvalue weighted by Gasteiger charge is -2.15. The van der Waals surface area contributed by atoms with Gasteiger partial charge in [-0.15, -0.1) is 11.8 Å².